The summed E-state index contributed by atoms with van der Waals surface area (Å²) < 4.78 is 6.17. The smallest absolute Gasteiger partial charge is 0.292 e. The fraction of sp³-hybridized carbons (Fsp3) is 0.300. The molecule has 1 fully saturated rings. The summed E-state index contributed by atoms with van der Waals surface area (Å²) in [5.41, 5.74) is 1.52. The van der Waals surface area contributed by atoms with E-state index < -0.39 is 0 Å². The van der Waals surface area contributed by atoms with Gasteiger partial charge in [0, 0.05) is 25.1 Å². The van der Waals surface area contributed by atoms with E-state index in [4.69, 9.17) is 4.74 Å². The van der Waals surface area contributed by atoms with Crippen molar-refractivity contribution in [1.82, 2.24) is 4.98 Å². The topological polar surface area (TPSA) is 97.6 Å². The molecule has 0 aliphatic carbocycles. The van der Waals surface area contributed by atoms with E-state index in [-0.39, 0.29) is 22.4 Å². The van der Waals surface area contributed by atoms with Crippen molar-refractivity contribution in [2.45, 2.75) is 12.8 Å². The summed E-state index contributed by atoms with van der Waals surface area (Å²) in [6.45, 7) is 1.19. The molecule has 2 heterocycles. The number of aromatic nitrogens is 1. The molecule has 0 atom stereocenters. The number of amides is 1. The number of hydrogen-bond donors (Lipinski definition) is 1. The van der Waals surface area contributed by atoms with Gasteiger partial charge in [-0.15, -0.1) is 0 Å². The number of methoxy groups -OCH3 is 1. The van der Waals surface area contributed by atoms with E-state index >= 15 is 0 Å². The van der Waals surface area contributed by atoms with Gasteiger partial charge in [0.1, 0.15) is 11.4 Å². The van der Waals surface area contributed by atoms with E-state index in [1.807, 2.05) is 23.1 Å². The number of thiazole rings is 1. The van der Waals surface area contributed by atoms with Gasteiger partial charge in [-0.1, -0.05) is 23.5 Å². The predicted octanol–water partition coefficient (Wildman–Crippen LogP) is 4.07. The highest BCUT2D eigenvalue weighted by molar-refractivity contribution is 7.22. The number of nitro benzene ring substituents is 1. The van der Waals surface area contributed by atoms with Crippen molar-refractivity contribution in [3.8, 4) is 5.75 Å². The van der Waals surface area contributed by atoms with Gasteiger partial charge in [0.2, 0.25) is 5.91 Å². The third kappa shape index (κ3) is 4.00. The molecule has 0 spiro atoms. The number of nitro groups is 1. The number of para-hydroxylation sites is 2. The molecule has 0 unspecified atom stereocenters. The first-order valence-corrected chi connectivity index (χ1v) is 10.1. The monoisotopic (exact) mass is 412 g/mol. The Balaban J connectivity index is 1.40. The molecule has 9 heteroatoms. The van der Waals surface area contributed by atoms with Gasteiger partial charge < -0.3 is 15.0 Å². The van der Waals surface area contributed by atoms with Gasteiger partial charge >= 0.3 is 0 Å². The first kappa shape index (κ1) is 19.1. The molecule has 1 amide bonds. The first-order valence-electron chi connectivity index (χ1n) is 9.29. The molecule has 1 aliphatic rings. The zero-order valence-corrected chi connectivity index (χ0v) is 16.6. The van der Waals surface area contributed by atoms with Gasteiger partial charge in [0.15, 0.2) is 5.13 Å². The second kappa shape index (κ2) is 8.04. The summed E-state index contributed by atoms with van der Waals surface area (Å²) in [5, 5.41) is 14.7. The number of anilines is 2. The lowest BCUT2D eigenvalue weighted by Crippen LogP contribution is -2.38. The van der Waals surface area contributed by atoms with Crippen molar-refractivity contribution < 1.29 is 14.5 Å². The number of ether oxygens (including phenoxy) is 1. The minimum Gasteiger partial charge on any atom is -0.497 e. The lowest BCUT2D eigenvalue weighted by atomic mass is 9.95. The summed E-state index contributed by atoms with van der Waals surface area (Å²) in [4.78, 5) is 30.0. The molecule has 8 nitrogen and oxygen atoms in total. The maximum atomic E-state index is 12.7. The Labute approximate surface area is 171 Å². The highest BCUT2D eigenvalue weighted by atomic mass is 32.1. The number of carbonyl (C=O) groups is 1. The molecule has 3 aromatic rings. The molecule has 1 aliphatic heterocycles. The fourth-order valence-corrected chi connectivity index (χ4v) is 4.46. The molecule has 1 saturated heterocycles. The highest BCUT2D eigenvalue weighted by Crippen LogP contribution is 2.33. The second-order valence-electron chi connectivity index (χ2n) is 6.85. The fourth-order valence-electron chi connectivity index (χ4n) is 3.56. The minimum absolute atomic E-state index is 0.0572. The zero-order chi connectivity index (χ0) is 20.4. The maximum Gasteiger partial charge on any atom is 0.292 e. The summed E-state index contributed by atoms with van der Waals surface area (Å²) in [6.07, 6.45) is 1.27. The third-order valence-corrected chi connectivity index (χ3v) is 6.04. The molecule has 150 valence electrons. The van der Waals surface area contributed by atoms with Crippen molar-refractivity contribution >= 4 is 44.0 Å². The van der Waals surface area contributed by atoms with Crippen LogP contribution in [0.15, 0.2) is 42.5 Å². The van der Waals surface area contributed by atoms with Gasteiger partial charge in [-0.05, 0) is 37.1 Å². The Hall–Kier alpha value is -3.20. The standard InChI is InChI=1S/C20H20N4O4S/c1-28-14-6-7-15-18(12-14)29-20(21-15)22-19(25)13-8-10-23(11-9-13)16-4-2-3-5-17(16)24(26)27/h2-7,12-13H,8-11H2,1H3,(H,21,22,25). The van der Waals surface area contributed by atoms with Crippen LogP contribution in [0.3, 0.4) is 0 Å². The average molecular weight is 412 g/mol. The minimum atomic E-state index is -0.365. The summed E-state index contributed by atoms with van der Waals surface area (Å²) in [5.74, 6) is 0.551. The Kier molecular flexibility index (Phi) is 5.30. The van der Waals surface area contributed by atoms with E-state index in [1.165, 1.54) is 17.4 Å². The van der Waals surface area contributed by atoms with Crippen molar-refractivity contribution in [3.05, 3.63) is 52.6 Å². The van der Waals surface area contributed by atoms with Gasteiger partial charge in [-0.2, -0.15) is 0 Å². The molecule has 29 heavy (non-hydrogen) atoms. The van der Waals surface area contributed by atoms with Crippen LogP contribution < -0.4 is 15.0 Å². The molecule has 2 aromatic carbocycles. The Morgan fingerprint density at radius 1 is 1.28 bits per heavy atom. The van der Waals surface area contributed by atoms with Crippen LogP contribution in [0.5, 0.6) is 5.75 Å². The van der Waals surface area contributed by atoms with Gasteiger partial charge in [0.25, 0.3) is 5.69 Å². The van der Waals surface area contributed by atoms with E-state index in [9.17, 15) is 14.9 Å². The van der Waals surface area contributed by atoms with Crippen molar-refractivity contribution in [1.29, 1.82) is 0 Å². The van der Waals surface area contributed by atoms with E-state index in [0.29, 0.717) is 36.8 Å². The van der Waals surface area contributed by atoms with Crippen LogP contribution in [0.1, 0.15) is 12.8 Å². The SMILES string of the molecule is COc1ccc2nc(NC(=O)C3CCN(c4ccccc4[N+](=O)[O-])CC3)sc2c1. The number of nitrogens with one attached hydrogen (secondary N) is 1. The van der Waals surface area contributed by atoms with Crippen LogP contribution in [-0.4, -0.2) is 36.0 Å². The van der Waals surface area contributed by atoms with Crippen LogP contribution in [0.4, 0.5) is 16.5 Å². The van der Waals surface area contributed by atoms with E-state index in [1.54, 1.807) is 25.3 Å². The Morgan fingerprint density at radius 3 is 2.76 bits per heavy atom. The Morgan fingerprint density at radius 2 is 2.03 bits per heavy atom. The van der Waals surface area contributed by atoms with Crippen LogP contribution in [-0.2, 0) is 4.79 Å². The van der Waals surface area contributed by atoms with Crippen molar-refractivity contribution in [2.24, 2.45) is 5.92 Å². The van der Waals surface area contributed by atoms with Crippen LogP contribution >= 0.6 is 11.3 Å². The normalized spacial score (nSPS) is 14.7. The molecule has 0 bridgehead atoms. The first-order chi connectivity index (χ1) is 14.0. The largest absolute Gasteiger partial charge is 0.497 e. The summed E-state index contributed by atoms with van der Waals surface area (Å²) >= 11 is 1.41. The van der Waals surface area contributed by atoms with Crippen LogP contribution in [0.2, 0.25) is 0 Å². The van der Waals surface area contributed by atoms with E-state index in [2.05, 4.69) is 10.3 Å². The molecule has 0 radical (unpaired) electrons. The molecular weight excluding hydrogens is 392 g/mol. The number of carbonyl (C=O) groups excluding carboxylic acids is 1. The third-order valence-electron chi connectivity index (χ3n) is 5.11. The molecule has 1 aromatic heterocycles. The summed E-state index contributed by atoms with van der Waals surface area (Å²) in [6, 6.07) is 12.3. The zero-order valence-electron chi connectivity index (χ0n) is 15.8. The number of piperidine rings is 1. The van der Waals surface area contributed by atoms with Gasteiger partial charge in [-0.25, -0.2) is 4.98 Å². The molecular formula is C20H20N4O4S. The van der Waals surface area contributed by atoms with E-state index in [0.717, 1.165) is 16.0 Å². The lowest BCUT2D eigenvalue weighted by molar-refractivity contribution is -0.384. The second-order valence-corrected chi connectivity index (χ2v) is 7.88. The quantitative estimate of drug-likeness (QED) is 0.501. The molecule has 4 rings (SSSR count). The summed E-state index contributed by atoms with van der Waals surface area (Å²) in [7, 11) is 1.61. The lowest BCUT2D eigenvalue weighted by Gasteiger charge is -2.32. The highest BCUT2D eigenvalue weighted by Gasteiger charge is 2.28. The van der Waals surface area contributed by atoms with Gasteiger partial charge in [-0.3, -0.25) is 14.9 Å². The number of nitrogens with zero attached hydrogens (tertiary/aromatic N) is 3. The molecule has 1 N–H and O–H groups in total. The van der Waals surface area contributed by atoms with Crippen LogP contribution in [0, 0.1) is 16.0 Å². The van der Waals surface area contributed by atoms with Crippen molar-refractivity contribution in [2.75, 3.05) is 30.4 Å². The number of benzene rings is 2. The molecule has 0 saturated carbocycles. The Bertz CT molecular complexity index is 1060. The maximum absolute atomic E-state index is 12.7. The predicted molar refractivity (Wildman–Crippen MR) is 113 cm³/mol. The van der Waals surface area contributed by atoms with Crippen molar-refractivity contribution in [3.63, 3.8) is 0 Å². The average Bonchev–Trinajstić information content (AvgIpc) is 3.15. The number of hydrogen-bond acceptors (Lipinski definition) is 7. The number of fused-ring (bicyclic) bond motifs is 1. The van der Waals surface area contributed by atoms with Crippen LogP contribution in [0.25, 0.3) is 10.2 Å². The van der Waals surface area contributed by atoms with Gasteiger partial charge in [0.05, 0.1) is 22.2 Å². The number of rotatable bonds is 5.